The Morgan fingerprint density at radius 3 is 2.60 bits per heavy atom. The van der Waals surface area contributed by atoms with Crippen LogP contribution in [0.15, 0.2) is 29.4 Å². The molecule has 0 aliphatic carbocycles. The zero-order valence-electron chi connectivity index (χ0n) is 14.9. The van der Waals surface area contributed by atoms with Crippen LogP contribution in [0, 0.1) is 0 Å². The fourth-order valence-electron chi connectivity index (χ4n) is 2.00. The summed E-state index contributed by atoms with van der Waals surface area (Å²) in [6.07, 6.45) is 1.89. The molecule has 0 aliphatic rings. The van der Waals surface area contributed by atoms with Crippen LogP contribution in [0.5, 0.6) is 0 Å². The fourth-order valence-corrected chi connectivity index (χ4v) is 2.99. The molecule has 2 aromatic heterocycles. The number of sulfone groups is 1. The fraction of sp³-hybridized carbons (Fsp3) is 0.533. The van der Waals surface area contributed by atoms with E-state index in [1.54, 1.807) is 27.8 Å². The highest BCUT2D eigenvalue weighted by Crippen LogP contribution is 2.15. The van der Waals surface area contributed by atoms with Gasteiger partial charge in [0, 0.05) is 19.8 Å². The number of aromatic nitrogens is 3. The van der Waals surface area contributed by atoms with E-state index in [0.717, 1.165) is 11.5 Å². The molecule has 0 saturated carbocycles. The number of fused-ring (bicyclic) bond motifs is 1. The zero-order valence-corrected chi connectivity index (χ0v) is 18.0. The van der Waals surface area contributed by atoms with Gasteiger partial charge in [-0.05, 0) is 32.9 Å². The molecule has 0 spiro atoms. The normalized spacial score (nSPS) is 12.7. The monoisotopic (exact) mass is 480 g/mol. The molecule has 0 fully saturated rings. The molecule has 0 unspecified atom stereocenters. The highest BCUT2D eigenvalue weighted by molar-refractivity contribution is 14.0. The Labute approximate surface area is 165 Å². The number of hydrogen-bond acceptors (Lipinski definition) is 5. The lowest BCUT2D eigenvalue weighted by atomic mass is 10.3. The van der Waals surface area contributed by atoms with Gasteiger partial charge in [0.15, 0.2) is 27.3 Å². The zero-order chi connectivity index (χ0) is 17.8. The first-order valence-electron chi connectivity index (χ1n) is 7.70. The van der Waals surface area contributed by atoms with E-state index < -0.39 is 14.6 Å². The Morgan fingerprint density at radius 2 is 1.96 bits per heavy atom. The first kappa shape index (κ1) is 21.6. The Hall–Kier alpha value is -1.43. The van der Waals surface area contributed by atoms with E-state index in [2.05, 4.69) is 25.8 Å². The molecule has 0 aliphatic heterocycles. The third-order valence-electron chi connectivity index (χ3n) is 3.62. The second-order valence-corrected chi connectivity index (χ2v) is 9.19. The molecule has 2 heterocycles. The molecule has 2 N–H and O–H groups in total. The van der Waals surface area contributed by atoms with Crippen molar-refractivity contribution >= 4 is 45.4 Å². The van der Waals surface area contributed by atoms with Crippen molar-refractivity contribution in [1.82, 2.24) is 25.2 Å². The minimum Gasteiger partial charge on any atom is -0.355 e. The molecular formula is C15H25IN6O2S. The van der Waals surface area contributed by atoms with Crippen LogP contribution < -0.4 is 10.6 Å². The third kappa shape index (κ3) is 5.53. The molecular weight excluding hydrogens is 455 g/mol. The lowest BCUT2D eigenvalue weighted by Gasteiger charge is -2.19. The van der Waals surface area contributed by atoms with E-state index in [0.29, 0.717) is 19.0 Å². The third-order valence-corrected chi connectivity index (χ3v) is 6.23. The Morgan fingerprint density at radius 1 is 1.24 bits per heavy atom. The van der Waals surface area contributed by atoms with Gasteiger partial charge in [-0.3, -0.25) is 9.39 Å². The summed E-state index contributed by atoms with van der Waals surface area (Å²) < 4.78 is 25.3. The number of nitrogens with one attached hydrogen (secondary N) is 2. The summed E-state index contributed by atoms with van der Waals surface area (Å²) in [4.78, 5) is 4.09. The topological polar surface area (TPSA) is 101 Å². The highest BCUT2D eigenvalue weighted by atomic mass is 127. The number of aliphatic imine (C=N–C) groups is 1. The van der Waals surface area contributed by atoms with Crippen molar-refractivity contribution in [3.05, 3.63) is 30.2 Å². The van der Waals surface area contributed by atoms with Gasteiger partial charge in [-0.2, -0.15) is 0 Å². The van der Waals surface area contributed by atoms with Crippen molar-refractivity contribution in [2.75, 3.05) is 19.3 Å². The van der Waals surface area contributed by atoms with Gasteiger partial charge in [0.05, 0.1) is 17.0 Å². The van der Waals surface area contributed by atoms with Crippen molar-refractivity contribution in [2.24, 2.45) is 4.99 Å². The number of nitrogens with zero attached hydrogens (tertiary/aromatic N) is 4. The lowest BCUT2D eigenvalue weighted by Crippen LogP contribution is -2.41. The number of halogens is 1. The lowest BCUT2D eigenvalue weighted by molar-refractivity contribution is 0.559. The van der Waals surface area contributed by atoms with Gasteiger partial charge < -0.3 is 10.6 Å². The summed E-state index contributed by atoms with van der Waals surface area (Å²) in [5, 5.41) is 14.3. The minimum absolute atomic E-state index is 0. The number of pyridine rings is 1. The molecule has 25 heavy (non-hydrogen) atoms. The van der Waals surface area contributed by atoms with Crippen molar-refractivity contribution in [1.29, 1.82) is 0 Å². The van der Waals surface area contributed by atoms with Crippen LogP contribution in [-0.4, -0.2) is 53.1 Å². The average molecular weight is 480 g/mol. The van der Waals surface area contributed by atoms with Crippen LogP contribution >= 0.6 is 24.0 Å². The molecule has 0 saturated heterocycles. The van der Waals surface area contributed by atoms with Gasteiger partial charge in [0.2, 0.25) is 0 Å². The summed E-state index contributed by atoms with van der Waals surface area (Å²) in [6, 6.07) is 5.68. The summed E-state index contributed by atoms with van der Waals surface area (Å²) in [5.41, 5.74) is 0.772. The molecule has 0 atom stereocenters. The van der Waals surface area contributed by atoms with Gasteiger partial charge in [-0.25, -0.2) is 8.42 Å². The molecule has 10 heteroatoms. The first-order chi connectivity index (χ1) is 11.2. The van der Waals surface area contributed by atoms with Crippen molar-refractivity contribution in [3.8, 4) is 0 Å². The maximum atomic E-state index is 12.1. The van der Waals surface area contributed by atoms with Gasteiger partial charge >= 0.3 is 0 Å². The smallest absolute Gasteiger partial charge is 0.191 e. The maximum absolute atomic E-state index is 12.1. The molecule has 0 radical (unpaired) electrons. The van der Waals surface area contributed by atoms with E-state index in [4.69, 9.17) is 0 Å². The van der Waals surface area contributed by atoms with E-state index in [1.165, 1.54) is 0 Å². The van der Waals surface area contributed by atoms with Crippen LogP contribution in [-0.2, 0) is 16.4 Å². The van der Waals surface area contributed by atoms with E-state index in [9.17, 15) is 8.42 Å². The predicted molar refractivity (Wildman–Crippen MR) is 110 cm³/mol. The summed E-state index contributed by atoms with van der Waals surface area (Å²) in [6.45, 7) is 5.82. The van der Waals surface area contributed by atoms with Gasteiger partial charge in [0.25, 0.3) is 0 Å². The van der Waals surface area contributed by atoms with Crippen molar-refractivity contribution < 1.29 is 8.42 Å². The minimum atomic E-state index is -3.16. The van der Waals surface area contributed by atoms with E-state index in [1.807, 2.05) is 28.8 Å². The number of hydrogen-bond donors (Lipinski definition) is 2. The Bertz CT molecular complexity index is 826. The highest BCUT2D eigenvalue weighted by Gasteiger charge is 2.28. The van der Waals surface area contributed by atoms with Gasteiger partial charge in [0.1, 0.15) is 0 Å². The first-order valence-corrected chi connectivity index (χ1v) is 9.35. The molecule has 2 rings (SSSR count). The summed E-state index contributed by atoms with van der Waals surface area (Å²) in [7, 11) is -1.53. The standard InChI is InChI=1S/C15H24N6O2S.HI/c1-15(2,3)24(22,23)10-8-17-14(16-4)18-11-13-20-19-12-7-5-6-9-21(12)13;/h5-7,9H,8,10-11H2,1-4H3,(H2,16,17,18);1H. The van der Waals surface area contributed by atoms with Crippen LogP contribution in [0.2, 0.25) is 0 Å². The van der Waals surface area contributed by atoms with Gasteiger partial charge in [-0.1, -0.05) is 6.07 Å². The van der Waals surface area contributed by atoms with Crippen LogP contribution in [0.25, 0.3) is 5.65 Å². The van der Waals surface area contributed by atoms with Crippen LogP contribution in [0.4, 0.5) is 0 Å². The van der Waals surface area contributed by atoms with Crippen molar-refractivity contribution in [3.63, 3.8) is 0 Å². The second kappa shape index (κ2) is 8.79. The van der Waals surface area contributed by atoms with Gasteiger partial charge in [-0.15, -0.1) is 34.2 Å². The average Bonchev–Trinajstić information content (AvgIpc) is 2.93. The largest absolute Gasteiger partial charge is 0.355 e. The van der Waals surface area contributed by atoms with E-state index in [-0.39, 0.29) is 29.7 Å². The van der Waals surface area contributed by atoms with Crippen LogP contribution in [0.3, 0.4) is 0 Å². The summed E-state index contributed by atoms with van der Waals surface area (Å²) in [5.74, 6) is 1.31. The Balaban J connectivity index is 0.00000312. The van der Waals surface area contributed by atoms with E-state index >= 15 is 0 Å². The maximum Gasteiger partial charge on any atom is 0.191 e. The molecule has 0 amide bonds. The number of guanidine groups is 1. The molecule has 0 bridgehead atoms. The molecule has 0 aromatic carbocycles. The van der Waals surface area contributed by atoms with Crippen molar-refractivity contribution in [2.45, 2.75) is 32.1 Å². The Kier molecular flexibility index (Phi) is 7.60. The SMILES string of the molecule is CN=C(NCCS(=O)(=O)C(C)(C)C)NCc1nnc2ccccn12.I. The second-order valence-electron chi connectivity index (χ2n) is 6.33. The number of rotatable bonds is 5. The molecule has 140 valence electrons. The quantitative estimate of drug-likeness (QED) is 0.380. The molecule has 2 aromatic rings. The summed E-state index contributed by atoms with van der Waals surface area (Å²) >= 11 is 0. The van der Waals surface area contributed by atoms with Crippen LogP contribution in [0.1, 0.15) is 26.6 Å². The molecule has 8 nitrogen and oxygen atoms in total. The predicted octanol–water partition coefficient (Wildman–Crippen LogP) is 1.23.